The van der Waals surface area contributed by atoms with Crippen LogP contribution in [-0.4, -0.2) is 33.7 Å². The third-order valence-electron chi connectivity index (χ3n) is 4.24. The van der Waals surface area contributed by atoms with Crippen LogP contribution >= 0.6 is 11.8 Å². The van der Waals surface area contributed by atoms with Gasteiger partial charge in [-0.2, -0.15) is 0 Å². The third kappa shape index (κ3) is 5.45. The van der Waals surface area contributed by atoms with Crippen molar-refractivity contribution in [3.05, 3.63) is 65.7 Å². The molecule has 0 unspecified atom stereocenters. The van der Waals surface area contributed by atoms with E-state index >= 15 is 0 Å². The van der Waals surface area contributed by atoms with Crippen LogP contribution in [0.25, 0.3) is 11.4 Å². The highest BCUT2D eigenvalue weighted by Gasteiger charge is 2.25. The number of imide groups is 1. The average Bonchev–Trinajstić information content (AvgIpc) is 3.21. The highest BCUT2D eigenvalue weighted by atomic mass is 32.2. The maximum absolute atomic E-state index is 12.7. The normalized spacial score (nSPS) is 11.7. The van der Waals surface area contributed by atoms with Gasteiger partial charge in [-0.15, -0.1) is 5.10 Å². The molecule has 1 atom stereocenters. The van der Waals surface area contributed by atoms with Crippen LogP contribution in [0.15, 0.2) is 59.8 Å². The van der Waals surface area contributed by atoms with E-state index in [9.17, 15) is 9.59 Å². The SMILES string of the molecule is CCNC(=O)NC(=O)[C@H](Sc1n[nH]c(-c2ccc(CC)cc2)n1)c1ccccc1. The van der Waals surface area contributed by atoms with Crippen LogP contribution in [0.3, 0.4) is 0 Å². The van der Waals surface area contributed by atoms with E-state index in [1.165, 1.54) is 17.3 Å². The van der Waals surface area contributed by atoms with E-state index in [2.05, 4.69) is 44.9 Å². The quantitative estimate of drug-likeness (QED) is 0.517. The van der Waals surface area contributed by atoms with Crippen LogP contribution in [0.5, 0.6) is 0 Å². The van der Waals surface area contributed by atoms with Gasteiger partial charge in [0, 0.05) is 12.1 Å². The van der Waals surface area contributed by atoms with Crippen LogP contribution in [-0.2, 0) is 11.2 Å². The standard InChI is InChI=1S/C21H23N5O2S/c1-3-14-10-12-16(13-11-14)18-23-21(26-25-18)29-17(15-8-6-5-7-9-15)19(27)24-20(28)22-4-2/h5-13,17H,3-4H2,1-2H3,(H,23,25,26)(H2,22,24,27,28)/t17-/m1/s1. The molecule has 0 aliphatic rings. The lowest BCUT2D eigenvalue weighted by Gasteiger charge is -2.14. The molecule has 1 heterocycles. The molecule has 1 aromatic heterocycles. The molecule has 3 amide bonds. The molecule has 7 nitrogen and oxygen atoms in total. The summed E-state index contributed by atoms with van der Waals surface area (Å²) in [5.41, 5.74) is 2.93. The molecule has 0 spiro atoms. The zero-order valence-corrected chi connectivity index (χ0v) is 17.1. The van der Waals surface area contributed by atoms with Crippen molar-refractivity contribution >= 4 is 23.7 Å². The van der Waals surface area contributed by atoms with E-state index in [0.29, 0.717) is 17.5 Å². The Balaban J connectivity index is 1.79. The monoisotopic (exact) mass is 409 g/mol. The molecule has 3 rings (SSSR count). The number of carbonyl (C=O) groups excluding carboxylic acids is 2. The van der Waals surface area contributed by atoms with Crippen molar-refractivity contribution in [2.24, 2.45) is 0 Å². The topological polar surface area (TPSA) is 99.8 Å². The van der Waals surface area contributed by atoms with Gasteiger partial charge in [-0.3, -0.25) is 15.2 Å². The minimum absolute atomic E-state index is 0.425. The molecule has 29 heavy (non-hydrogen) atoms. The number of aromatic nitrogens is 3. The number of aromatic amines is 1. The Labute approximate surface area is 173 Å². The number of carbonyl (C=O) groups is 2. The van der Waals surface area contributed by atoms with Crippen molar-refractivity contribution in [1.29, 1.82) is 0 Å². The largest absolute Gasteiger partial charge is 0.338 e. The van der Waals surface area contributed by atoms with Crippen molar-refractivity contribution in [2.75, 3.05) is 6.54 Å². The number of nitrogens with zero attached hydrogens (tertiary/aromatic N) is 2. The minimum atomic E-state index is -0.662. The zero-order valence-electron chi connectivity index (χ0n) is 16.3. The van der Waals surface area contributed by atoms with Crippen molar-refractivity contribution in [3.63, 3.8) is 0 Å². The maximum Gasteiger partial charge on any atom is 0.321 e. The molecule has 0 aliphatic carbocycles. The minimum Gasteiger partial charge on any atom is -0.338 e. The third-order valence-corrected chi connectivity index (χ3v) is 5.35. The Bertz CT molecular complexity index is 957. The fraction of sp³-hybridized carbons (Fsp3) is 0.238. The molecular formula is C21H23N5O2S. The highest BCUT2D eigenvalue weighted by Crippen LogP contribution is 2.34. The number of H-pyrrole nitrogens is 1. The van der Waals surface area contributed by atoms with Gasteiger partial charge in [0.05, 0.1) is 0 Å². The number of hydrogen-bond donors (Lipinski definition) is 3. The highest BCUT2D eigenvalue weighted by molar-refractivity contribution is 8.00. The van der Waals surface area contributed by atoms with Crippen LogP contribution in [0.2, 0.25) is 0 Å². The summed E-state index contributed by atoms with van der Waals surface area (Å²) in [5.74, 6) is 0.205. The van der Waals surface area contributed by atoms with Gasteiger partial charge in [-0.1, -0.05) is 73.3 Å². The molecule has 150 valence electrons. The lowest BCUT2D eigenvalue weighted by molar-refractivity contribution is -0.119. The number of amides is 3. The molecule has 0 radical (unpaired) electrons. The summed E-state index contributed by atoms with van der Waals surface area (Å²) in [5, 5.41) is 11.9. The first kappa shape index (κ1) is 20.6. The molecule has 0 fully saturated rings. The fourth-order valence-electron chi connectivity index (χ4n) is 2.71. The van der Waals surface area contributed by atoms with E-state index in [4.69, 9.17) is 0 Å². The first-order chi connectivity index (χ1) is 14.1. The second-order valence-corrected chi connectivity index (χ2v) is 7.35. The Hall–Kier alpha value is -3.13. The van der Waals surface area contributed by atoms with E-state index in [1.54, 1.807) is 6.92 Å². The molecular weight excluding hydrogens is 386 g/mol. The van der Waals surface area contributed by atoms with E-state index < -0.39 is 17.2 Å². The van der Waals surface area contributed by atoms with Crippen LogP contribution < -0.4 is 10.6 Å². The predicted octanol–water partition coefficient (Wildman–Crippen LogP) is 3.71. The number of aryl methyl sites for hydroxylation is 1. The molecule has 0 aliphatic heterocycles. The number of thioether (sulfide) groups is 1. The average molecular weight is 410 g/mol. The number of benzene rings is 2. The van der Waals surface area contributed by atoms with Crippen molar-refractivity contribution in [1.82, 2.24) is 25.8 Å². The second-order valence-electron chi connectivity index (χ2n) is 6.27. The maximum atomic E-state index is 12.7. The molecule has 8 heteroatoms. The molecule has 0 saturated heterocycles. The lowest BCUT2D eigenvalue weighted by Crippen LogP contribution is -2.41. The van der Waals surface area contributed by atoms with Crippen LogP contribution in [0.4, 0.5) is 4.79 Å². The van der Waals surface area contributed by atoms with Gasteiger partial charge in [-0.25, -0.2) is 9.78 Å². The summed E-state index contributed by atoms with van der Waals surface area (Å²) >= 11 is 1.19. The Kier molecular flexibility index (Phi) is 7.02. The Morgan fingerprint density at radius 1 is 1.07 bits per heavy atom. The van der Waals surface area contributed by atoms with Gasteiger partial charge < -0.3 is 5.32 Å². The van der Waals surface area contributed by atoms with Gasteiger partial charge in [-0.05, 0) is 24.5 Å². The van der Waals surface area contributed by atoms with Crippen molar-refractivity contribution in [2.45, 2.75) is 30.7 Å². The summed E-state index contributed by atoms with van der Waals surface area (Å²) in [7, 11) is 0. The van der Waals surface area contributed by atoms with E-state index in [-0.39, 0.29) is 0 Å². The number of nitrogens with one attached hydrogen (secondary N) is 3. The number of urea groups is 1. The van der Waals surface area contributed by atoms with Gasteiger partial charge >= 0.3 is 6.03 Å². The molecule has 0 bridgehead atoms. The van der Waals surface area contributed by atoms with Gasteiger partial charge in [0.1, 0.15) is 5.25 Å². The second kappa shape index (κ2) is 9.88. The summed E-state index contributed by atoms with van der Waals surface area (Å²) in [4.78, 5) is 29.0. The Morgan fingerprint density at radius 2 is 1.79 bits per heavy atom. The Morgan fingerprint density at radius 3 is 2.45 bits per heavy atom. The summed E-state index contributed by atoms with van der Waals surface area (Å²) in [6.45, 7) is 4.33. The molecule has 0 saturated carbocycles. The fourth-order valence-corrected chi connectivity index (χ4v) is 3.63. The van der Waals surface area contributed by atoms with Crippen molar-refractivity contribution in [3.8, 4) is 11.4 Å². The summed E-state index contributed by atoms with van der Waals surface area (Å²) in [6.07, 6.45) is 0.970. The first-order valence-electron chi connectivity index (χ1n) is 9.42. The van der Waals surface area contributed by atoms with E-state index in [1.807, 2.05) is 42.5 Å². The van der Waals surface area contributed by atoms with E-state index in [0.717, 1.165) is 17.5 Å². The molecule has 2 aromatic carbocycles. The summed E-state index contributed by atoms with van der Waals surface area (Å²) < 4.78 is 0. The number of hydrogen-bond acceptors (Lipinski definition) is 5. The van der Waals surface area contributed by atoms with Gasteiger partial charge in [0.15, 0.2) is 5.82 Å². The van der Waals surface area contributed by atoms with Gasteiger partial charge in [0.2, 0.25) is 11.1 Å². The van der Waals surface area contributed by atoms with Crippen molar-refractivity contribution < 1.29 is 9.59 Å². The van der Waals surface area contributed by atoms with Crippen LogP contribution in [0.1, 0.15) is 30.2 Å². The lowest BCUT2D eigenvalue weighted by atomic mass is 10.1. The molecule has 3 N–H and O–H groups in total. The predicted molar refractivity (Wildman–Crippen MR) is 113 cm³/mol. The van der Waals surface area contributed by atoms with Gasteiger partial charge in [0.25, 0.3) is 0 Å². The number of rotatable bonds is 7. The summed E-state index contributed by atoms with van der Waals surface area (Å²) in [6, 6.07) is 16.8. The zero-order chi connectivity index (χ0) is 20.6. The first-order valence-corrected chi connectivity index (χ1v) is 10.3. The van der Waals surface area contributed by atoms with Crippen LogP contribution in [0, 0.1) is 0 Å². The molecule has 3 aromatic rings. The smallest absolute Gasteiger partial charge is 0.321 e.